The molecular weight excluding hydrogens is 388 g/mol. The predicted octanol–water partition coefficient (Wildman–Crippen LogP) is 3.12. The van der Waals surface area contributed by atoms with Crippen molar-refractivity contribution in [2.75, 3.05) is 20.8 Å². The molecule has 0 bridgehead atoms. The predicted molar refractivity (Wildman–Crippen MR) is 113 cm³/mol. The molecule has 1 atom stereocenters. The average Bonchev–Trinajstić information content (AvgIpc) is 3.21. The molecular formula is C21H24N4O3S. The van der Waals surface area contributed by atoms with Gasteiger partial charge in [0, 0.05) is 6.54 Å². The van der Waals surface area contributed by atoms with Crippen molar-refractivity contribution in [2.45, 2.75) is 23.8 Å². The number of methoxy groups -OCH3 is 2. The smallest absolute Gasteiger partial charge is 0.233 e. The van der Waals surface area contributed by atoms with Gasteiger partial charge < -0.3 is 14.8 Å². The topological polar surface area (TPSA) is 78.3 Å². The molecule has 0 spiro atoms. The third-order valence-electron chi connectivity index (χ3n) is 4.38. The molecule has 1 N–H and O–H groups in total. The maximum atomic E-state index is 12.5. The highest BCUT2D eigenvalue weighted by atomic mass is 32.2. The normalized spacial score (nSPS) is 11.7. The molecule has 29 heavy (non-hydrogen) atoms. The summed E-state index contributed by atoms with van der Waals surface area (Å²) in [5.74, 6) is 1.49. The van der Waals surface area contributed by atoms with Gasteiger partial charge in [-0.3, -0.25) is 9.36 Å². The van der Waals surface area contributed by atoms with E-state index in [0.717, 1.165) is 23.4 Å². The van der Waals surface area contributed by atoms with Crippen LogP contribution in [0, 0.1) is 0 Å². The van der Waals surface area contributed by atoms with Crippen molar-refractivity contribution >= 4 is 17.7 Å². The quantitative estimate of drug-likeness (QED) is 0.544. The lowest BCUT2D eigenvalue weighted by molar-refractivity contribution is -0.120. The summed E-state index contributed by atoms with van der Waals surface area (Å²) in [6, 6.07) is 15.4. The lowest BCUT2D eigenvalue weighted by Crippen LogP contribution is -2.32. The Bertz CT molecular complexity index is 943. The summed E-state index contributed by atoms with van der Waals surface area (Å²) in [5.41, 5.74) is 1.97. The zero-order chi connectivity index (χ0) is 20.6. The molecule has 1 amide bonds. The molecule has 0 aliphatic rings. The SMILES string of the molecule is COc1ccc(CCNC(=O)C(C)Sc2nncn2-c2ccccc2OC)cc1. The summed E-state index contributed by atoms with van der Waals surface area (Å²) in [7, 11) is 3.26. The zero-order valence-electron chi connectivity index (χ0n) is 16.7. The fraction of sp³-hybridized carbons (Fsp3) is 0.286. The van der Waals surface area contributed by atoms with Crippen LogP contribution in [0.2, 0.25) is 0 Å². The van der Waals surface area contributed by atoms with Gasteiger partial charge in [-0.25, -0.2) is 0 Å². The van der Waals surface area contributed by atoms with Crippen LogP contribution < -0.4 is 14.8 Å². The van der Waals surface area contributed by atoms with Crippen LogP contribution in [-0.4, -0.2) is 46.7 Å². The third kappa shape index (κ3) is 5.29. The van der Waals surface area contributed by atoms with E-state index in [1.54, 1.807) is 20.5 Å². The van der Waals surface area contributed by atoms with Crippen molar-refractivity contribution in [3.05, 3.63) is 60.4 Å². The summed E-state index contributed by atoms with van der Waals surface area (Å²) in [6.07, 6.45) is 2.37. The number of amides is 1. The van der Waals surface area contributed by atoms with E-state index >= 15 is 0 Å². The molecule has 0 aliphatic carbocycles. The standard InChI is InChI=1S/C21H24N4O3S/c1-15(20(26)22-13-12-16-8-10-17(27-2)11-9-16)29-21-24-23-14-25(21)18-6-4-5-7-19(18)28-3/h4-11,14-15H,12-13H2,1-3H3,(H,22,26). The molecule has 0 radical (unpaired) electrons. The Hall–Kier alpha value is -3.00. The van der Waals surface area contributed by atoms with Crippen molar-refractivity contribution in [1.82, 2.24) is 20.1 Å². The van der Waals surface area contributed by atoms with Gasteiger partial charge >= 0.3 is 0 Å². The van der Waals surface area contributed by atoms with Crippen molar-refractivity contribution in [2.24, 2.45) is 0 Å². The van der Waals surface area contributed by atoms with Gasteiger partial charge in [0.1, 0.15) is 17.8 Å². The fourth-order valence-corrected chi connectivity index (χ4v) is 3.64. The first kappa shape index (κ1) is 20.7. The van der Waals surface area contributed by atoms with E-state index in [9.17, 15) is 4.79 Å². The van der Waals surface area contributed by atoms with Gasteiger partial charge in [0.2, 0.25) is 5.91 Å². The monoisotopic (exact) mass is 412 g/mol. The molecule has 1 aromatic heterocycles. The first-order valence-electron chi connectivity index (χ1n) is 9.23. The molecule has 3 aromatic rings. The third-order valence-corrected chi connectivity index (χ3v) is 5.44. The Morgan fingerprint density at radius 3 is 2.62 bits per heavy atom. The lowest BCUT2D eigenvalue weighted by atomic mass is 10.1. The largest absolute Gasteiger partial charge is 0.497 e. The van der Waals surface area contributed by atoms with E-state index < -0.39 is 0 Å². The number of para-hydroxylation sites is 2. The van der Waals surface area contributed by atoms with E-state index in [1.165, 1.54) is 11.8 Å². The Morgan fingerprint density at radius 2 is 1.90 bits per heavy atom. The van der Waals surface area contributed by atoms with Crippen molar-refractivity contribution in [3.63, 3.8) is 0 Å². The Balaban J connectivity index is 1.57. The molecule has 0 saturated heterocycles. The van der Waals surface area contributed by atoms with Gasteiger partial charge in [0.15, 0.2) is 5.16 Å². The lowest BCUT2D eigenvalue weighted by Gasteiger charge is -2.14. The number of hydrogen-bond acceptors (Lipinski definition) is 6. The molecule has 0 saturated carbocycles. The summed E-state index contributed by atoms with van der Waals surface area (Å²) in [5, 5.41) is 11.5. The van der Waals surface area contributed by atoms with Gasteiger partial charge in [-0.2, -0.15) is 0 Å². The number of benzene rings is 2. The number of hydrogen-bond donors (Lipinski definition) is 1. The number of rotatable bonds is 9. The van der Waals surface area contributed by atoms with Gasteiger partial charge in [0.05, 0.1) is 25.2 Å². The first-order chi connectivity index (χ1) is 14.1. The van der Waals surface area contributed by atoms with Crippen LogP contribution >= 0.6 is 11.8 Å². The van der Waals surface area contributed by atoms with E-state index in [2.05, 4.69) is 15.5 Å². The van der Waals surface area contributed by atoms with Crippen molar-refractivity contribution < 1.29 is 14.3 Å². The van der Waals surface area contributed by atoms with Crippen molar-refractivity contribution in [1.29, 1.82) is 0 Å². The molecule has 1 heterocycles. The van der Waals surface area contributed by atoms with E-state index in [-0.39, 0.29) is 11.2 Å². The number of aromatic nitrogens is 3. The Morgan fingerprint density at radius 1 is 1.14 bits per heavy atom. The summed E-state index contributed by atoms with van der Waals surface area (Å²) in [4.78, 5) is 12.5. The highest BCUT2D eigenvalue weighted by molar-refractivity contribution is 8.00. The maximum Gasteiger partial charge on any atom is 0.233 e. The van der Waals surface area contributed by atoms with E-state index in [0.29, 0.717) is 17.5 Å². The average molecular weight is 413 g/mol. The highest BCUT2D eigenvalue weighted by Crippen LogP contribution is 2.28. The number of carbonyl (C=O) groups excluding carboxylic acids is 1. The molecule has 8 heteroatoms. The second kappa shape index (κ2) is 9.97. The minimum absolute atomic E-state index is 0.0434. The summed E-state index contributed by atoms with van der Waals surface area (Å²) < 4.78 is 12.4. The van der Waals surface area contributed by atoms with Crippen LogP contribution in [-0.2, 0) is 11.2 Å². The van der Waals surface area contributed by atoms with E-state index in [4.69, 9.17) is 9.47 Å². The number of carbonyl (C=O) groups is 1. The molecule has 2 aromatic carbocycles. The minimum Gasteiger partial charge on any atom is -0.497 e. The molecule has 3 rings (SSSR count). The summed E-state index contributed by atoms with van der Waals surface area (Å²) in [6.45, 7) is 2.42. The number of nitrogens with one attached hydrogen (secondary N) is 1. The van der Waals surface area contributed by atoms with Crippen LogP contribution in [0.3, 0.4) is 0 Å². The van der Waals surface area contributed by atoms with Crippen LogP contribution in [0.1, 0.15) is 12.5 Å². The van der Waals surface area contributed by atoms with Gasteiger partial charge in [0.25, 0.3) is 0 Å². The van der Waals surface area contributed by atoms with Crippen LogP contribution in [0.15, 0.2) is 60.0 Å². The highest BCUT2D eigenvalue weighted by Gasteiger charge is 2.19. The van der Waals surface area contributed by atoms with Crippen molar-refractivity contribution in [3.8, 4) is 17.2 Å². The minimum atomic E-state index is -0.316. The second-order valence-electron chi connectivity index (χ2n) is 6.30. The van der Waals surface area contributed by atoms with Crippen LogP contribution in [0.5, 0.6) is 11.5 Å². The van der Waals surface area contributed by atoms with Gasteiger partial charge in [-0.05, 0) is 43.2 Å². The van der Waals surface area contributed by atoms with Gasteiger partial charge in [-0.1, -0.05) is 36.0 Å². The first-order valence-corrected chi connectivity index (χ1v) is 10.1. The Labute approximate surface area is 174 Å². The number of ether oxygens (including phenoxy) is 2. The number of thioether (sulfide) groups is 1. The Kier molecular flexibility index (Phi) is 7.13. The molecule has 7 nitrogen and oxygen atoms in total. The molecule has 1 unspecified atom stereocenters. The second-order valence-corrected chi connectivity index (χ2v) is 7.61. The fourth-order valence-electron chi connectivity index (χ4n) is 2.78. The maximum absolute atomic E-state index is 12.5. The molecule has 0 fully saturated rings. The molecule has 0 aliphatic heterocycles. The summed E-state index contributed by atoms with van der Waals surface area (Å²) >= 11 is 1.36. The van der Waals surface area contributed by atoms with E-state index in [1.807, 2.05) is 60.0 Å². The number of nitrogens with zero attached hydrogens (tertiary/aromatic N) is 3. The van der Waals surface area contributed by atoms with Crippen LogP contribution in [0.4, 0.5) is 0 Å². The van der Waals surface area contributed by atoms with Crippen LogP contribution in [0.25, 0.3) is 5.69 Å². The molecule has 152 valence electrons. The zero-order valence-corrected chi connectivity index (χ0v) is 17.5. The van der Waals surface area contributed by atoms with Gasteiger partial charge in [-0.15, -0.1) is 10.2 Å².